The van der Waals surface area contributed by atoms with Crippen LogP contribution in [0.3, 0.4) is 0 Å². The quantitative estimate of drug-likeness (QED) is 0.706. The maximum atomic E-state index is 14.4. The smallest absolute Gasteiger partial charge is 0.353 e. The van der Waals surface area contributed by atoms with Gasteiger partial charge in [-0.25, -0.2) is 9.18 Å². The molecule has 0 radical (unpaired) electrons. The van der Waals surface area contributed by atoms with Crippen LogP contribution in [-0.4, -0.2) is 28.9 Å². The first-order chi connectivity index (χ1) is 12.4. The summed E-state index contributed by atoms with van der Waals surface area (Å²) in [5.74, 6) is -1.09. The third-order valence-corrected chi connectivity index (χ3v) is 4.57. The molecular weight excluding hydrogens is 382 g/mol. The highest BCUT2D eigenvalue weighted by Gasteiger charge is 2.44. The monoisotopic (exact) mass is 396 g/mol. The molecule has 1 unspecified atom stereocenters. The molecule has 0 saturated heterocycles. The van der Waals surface area contributed by atoms with Gasteiger partial charge in [0.25, 0.3) is 0 Å². The van der Waals surface area contributed by atoms with Gasteiger partial charge < -0.3 is 9.57 Å². The Kier molecular flexibility index (Phi) is 5.16. The molecule has 0 saturated carbocycles. The third kappa shape index (κ3) is 3.39. The molecule has 0 bridgehead atoms. The average Bonchev–Trinajstić information content (AvgIpc) is 3.00. The minimum atomic E-state index is -1.24. The summed E-state index contributed by atoms with van der Waals surface area (Å²) in [6.07, 6.45) is 1.66. The van der Waals surface area contributed by atoms with Crippen LogP contribution in [0.5, 0.6) is 0 Å². The zero-order valence-electron chi connectivity index (χ0n) is 14.1. The summed E-state index contributed by atoms with van der Waals surface area (Å²) in [5, 5.41) is 4.42. The normalized spacial score (nSPS) is 19.0. The van der Waals surface area contributed by atoms with Gasteiger partial charge in [0.05, 0.1) is 28.1 Å². The Morgan fingerprint density at radius 2 is 2.12 bits per heavy atom. The van der Waals surface area contributed by atoms with Crippen LogP contribution in [0.15, 0.2) is 35.6 Å². The second-order valence-corrected chi connectivity index (χ2v) is 6.72. The number of carbonyl (C=O) groups excluding carboxylic acids is 1. The number of hydrogen-bond acceptors (Lipinski definition) is 5. The van der Waals surface area contributed by atoms with Gasteiger partial charge in [-0.2, -0.15) is 0 Å². The topological polar surface area (TPSA) is 60.8 Å². The number of benzene rings is 1. The molecule has 2 aromatic rings. The van der Waals surface area contributed by atoms with E-state index in [9.17, 15) is 9.18 Å². The van der Waals surface area contributed by atoms with Crippen LogP contribution in [0.1, 0.15) is 25.8 Å². The van der Waals surface area contributed by atoms with E-state index < -0.39 is 17.4 Å². The Hall–Kier alpha value is -2.18. The lowest BCUT2D eigenvalue weighted by Crippen LogP contribution is -2.37. The molecule has 136 valence electrons. The molecule has 0 spiro atoms. The van der Waals surface area contributed by atoms with Gasteiger partial charge in [-0.3, -0.25) is 4.98 Å². The van der Waals surface area contributed by atoms with Gasteiger partial charge in [0.15, 0.2) is 0 Å². The van der Waals surface area contributed by atoms with Crippen LogP contribution >= 0.6 is 23.2 Å². The van der Waals surface area contributed by atoms with Crippen molar-refractivity contribution in [2.24, 2.45) is 5.16 Å². The highest BCUT2D eigenvalue weighted by molar-refractivity contribution is 6.35. The molecule has 1 aromatic carbocycles. The Morgan fingerprint density at radius 1 is 1.35 bits per heavy atom. The van der Waals surface area contributed by atoms with E-state index in [2.05, 4.69) is 10.1 Å². The number of aromatic nitrogens is 1. The summed E-state index contributed by atoms with van der Waals surface area (Å²) in [4.78, 5) is 21.5. The summed E-state index contributed by atoms with van der Waals surface area (Å²) in [6, 6.07) is 5.94. The molecule has 1 atom stereocenters. The van der Waals surface area contributed by atoms with E-state index in [1.54, 1.807) is 26.0 Å². The van der Waals surface area contributed by atoms with Crippen LogP contribution in [0.25, 0.3) is 11.3 Å². The van der Waals surface area contributed by atoms with E-state index in [0.29, 0.717) is 16.3 Å². The molecule has 8 heteroatoms. The van der Waals surface area contributed by atoms with E-state index in [4.69, 9.17) is 32.8 Å². The molecule has 0 fully saturated rings. The molecule has 1 aliphatic heterocycles. The van der Waals surface area contributed by atoms with Crippen molar-refractivity contribution in [3.8, 4) is 11.3 Å². The summed E-state index contributed by atoms with van der Waals surface area (Å²) >= 11 is 12.3. The zero-order chi connectivity index (χ0) is 18.9. The third-order valence-electron chi connectivity index (χ3n) is 3.95. The molecule has 26 heavy (non-hydrogen) atoms. The Bertz CT molecular complexity index is 904. The number of ether oxygens (including phenoxy) is 1. The van der Waals surface area contributed by atoms with E-state index in [1.807, 2.05) is 0 Å². The van der Waals surface area contributed by atoms with Gasteiger partial charge in [-0.05, 0) is 38.1 Å². The second-order valence-electron chi connectivity index (χ2n) is 5.90. The van der Waals surface area contributed by atoms with Crippen molar-refractivity contribution >= 4 is 34.9 Å². The first-order valence-electron chi connectivity index (χ1n) is 7.88. The first-order valence-corrected chi connectivity index (χ1v) is 8.64. The van der Waals surface area contributed by atoms with Crippen molar-refractivity contribution in [1.29, 1.82) is 0 Å². The fraction of sp³-hybridized carbons (Fsp3) is 0.278. The highest BCUT2D eigenvalue weighted by atomic mass is 35.5. The minimum Gasteiger partial charge on any atom is -0.463 e. The van der Waals surface area contributed by atoms with Crippen LogP contribution in [0.4, 0.5) is 4.39 Å². The number of halogens is 3. The molecule has 1 aromatic heterocycles. The SMILES string of the molecule is CCOC(=O)C1(C)CC(c2cc(-c3ncccc3Cl)c(F)cc2Cl)=NO1. The lowest BCUT2D eigenvalue weighted by molar-refractivity contribution is -0.166. The predicted octanol–water partition coefficient (Wildman–Crippen LogP) is 4.64. The maximum Gasteiger partial charge on any atom is 0.353 e. The predicted molar refractivity (Wildman–Crippen MR) is 96.9 cm³/mol. The van der Waals surface area contributed by atoms with Crippen LogP contribution < -0.4 is 0 Å². The van der Waals surface area contributed by atoms with Crippen molar-refractivity contribution in [2.75, 3.05) is 6.61 Å². The van der Waals surface area contributed by atoms with Crippen molar-refractivity contribution in [3.05, 3.63) is 51.9 Å². The molecule has 1 aliphatic rings. The molecule has 0 amide bonds. The van der Waals surface area contributed by atoms with Gasteiger partial charge in [0.2, 0.25) is 5.60 Å². The fourth-order valence-corrected chi connectivity index (χ4v) is 3.10. The number of rotatable bonds is 4. The molecule has 3 rings (SSSR count). The zero-order valence-corrected chi connectivity index (χ0v) is 15.6. The van der Waals surface area contributed by atoms with Gasteiger partial charge in [0, 0.05) is 23.7 Å². The molecule has 0 N–H and O–H groups in total. The van der Waals surface area contributed by atoms with Crippen LogP contribution in [-0.2, 0) is 14.4 Å². The lowest BCUT2D eigenvalue weighted by Gasteiger charge is -2.18. The second kappa shape index (κ2) is 7.21. The highest BCUT2D eigenvalue weighted by Crippen LogP contribution is 2.35. The average molecular weight is 397 g/mol. The number of oxime groups is 1. The standard InChI is InChI=1S/C18H15Cl2FN2O3/c1-3-25-17(24)18(2)9-15(23-26-18)10-7-11(14(21)8-13(10)20)16-12(19)5-4-6-22-16/h4-8H,3,9H2,1-2H3. The molecule has 5 nitrogen and oxygen atoms in total. The lowest BCUT2D eigenvalue weighted by atomic mass is 9.94. The number of nitrogens with zero attached hydrogens (tertiary/aromatic N) is 2. The number of hydrogen-bond donors (Lipinski definition) is 0. The summed E-state index contributed by atoms with van der Waals surface area (Å²) in [5.41, 5.74) is 0.0858. The van der Waals surface area contributed by atoms with Crippen molar-refractivity contribution in [2.45, 2.75) is 25.9 Å². The number of esters is 1. The van der Waals surface area contributed by atoms with Gasteiger partial charge in [-0.15, -0.1) is 0 Å². The van der Waals surface area contributed by atoms with E-state index in [-0.39, 0.29) is 29.3 Å². The van der Waals surface area contributed by atoms with Gasteiger partial charge in [0.1, 0.15) is 5.82 Å². The van der Waals surface area contributed by atoms with E-state index in [1.165, 1.54) is 18.3 Å². The Morgan fingerprint density at radius 3 is 2.81 bits per heavy atom. The Labute approximate surface area is 159 Å². The largest absolute Gasteiger partial charge is 0.463 e. The van der Waals surface area contributed by atoms with Gasteiger partial charge in [-0.1, -0.05) is 28.4 Å². The molecule has 0 aliphatic carbocycles. The molecule has 2 heterocycles. The van der Waals surface area contributed by atoms with Crippen LogP contribution in [0, 0.1) is 5.82 Å². The molecular formula is C18H15Cl2FN2O3. The van der Waals surface area contributed by atoms with Gasteiger partial charge >= 0.3 is 5.97 Å². The van der Waals surface area contributed by atoms with Crippen LogP contribution in [0.2, 0.25) is 10.0 Å². The van der Waals surface area contributed by atoms with E-state index >= 15 is 0 Å². The van der Waals surface area contributed by atoms with Crippen molar-refractivity contribution in [3.63, 3.8) is 0 Å². The minimum absolute atomic E-state index is 0.145. The van der Waals surface area contributed by atoms with E-state index in [0.717, 1.165) is 0 Å². The van der Waals surface area contributed by atoms with Crippen molar-refractivity contribution < 1.29 is 18.8 Å². The summed E-state index contributed by atoms with van der Waals surface area (Å²) < 4.78 is 19.4. The summed E-state index contributed by atoms with van der Waals surface area (Å²) in [7, 11) is 0. The maximum absolute atomic E-state index is 14.4. The Balaban J connectivity index is 1.99. The fourth-order valence-electron chi connectivity index (χ4n) is 2.61. The number of pyridine rings is 1. The van der Waals surface area contributed by atoms with Crippen molar-refractivity contribution in [1.82, 2.24) is 4.98 Å². The number of carbonyl (C=O) groups is 1. The first kappa shape index (κ1) is 18.6. The summed E-state index contributed by atoms with van der Waals surface area (Å²) in [6.45, 7) is 3.51.